The van der Waals surface area contributed by atoms with Gasteiger partial charge in [-0.2, -0.15) is 0 Å². The zero-order valence-corrected chi connectivity index (χ0v) is 16.9. The molecule has 0 bridgehead atoms. The van der Waals surface area contributed by atoms with Crippen molar-refractivity contribution in [3.05, 3.63) is 64.7 Å². The average molecular weight is 427 g/mol. The van der Waals surface area contributed by atoms with Crippen LogP contribution in [0, 0.1) is 0 Å². The molecule has 1 aromatic heterocycles. The lowest BCUT2D eigenvalue weighted by molar-refractivity contribution is 0.0950. The number of fused-ring (bicyclic) bond motifs is 2. The maximum absolute atomic E-state index is 12.6. The molecule has 1 aliphatic heterocycles. The van der Waals surface area contributed by atoms with Gasteiger partial charge >= 0.3 is 0 Å². The van der Waals surface area contributed by atoms with Crippen molar-refractivity contribution in [3.63, 3.8) is 0 Å². The van der Waals surface area contributed by atoms with E-state index in [0.717, 1.165) is 15.0 Å². The van der Waals surface area contributed by atoms with Gasteiger partial charge in [0.25, 0.3) is 11.8 Å². The molecule has 9 heteroatoms. The molecular formula is C20H18N4O3S2. The zero-order chi connectivity index (χ0) is 20.2. The quantitative estimate of drug-likeness (QED) is 0.521. The van der Waals surface area contributed by atoms with E-state index < -0.39 is 0 Å². The molecule has 2 amide bonds. The van der Waals surface area contributed by atoms with Crippen LogP contribution in [0.15, 0.2) is 53.0 Å². The van der Waals surface area contributed by atoms with Crippen LogP contribution >= 0.6 is 23.1 Å². The summed E-state index contributed by atoms with van der Waals surface area (Å²) in [6.07, 6.45) is 1.76. The molecule has 0 radical (unpaired) electrons. The Balaban J connectivity index is 1.45. The van der Waals surface area contributed by atoms with Crippen LogP contribution in [0.5, 0.6) is 11.5 Å². The molecule has 0 saturated heterocycles. The van der Waals surface area contributed by atoms with E-state index in [-0.39, 0.29) is 11.8 Å². The number of amides is 2. The summed E-state index contributed by atoms with van der Waals surface area (Å²) >= 11 is 3.13. The molecular weight excluding hydrogens is 408 g/mol. The molecule has 29 heavy (non-hydrogen) atoms. The van der Waals surface area contributed by atoms with Gasteiger partial charge in [0, 0.05) is 28.9 Å². The molecule has 4 N–H and O–H groups in total. The van der Waals surface area contributed by atoms with Crippen molar-refractivity contribution in [3.8, 4) is 11.5 Å². The van der Waals surface area contributed by atoms with Crippen molar-refractivity contribution in [2.24, 2.45) is 5.73 Å². The summed E-state index contributed by atoms with van der Waals surface area (Å²) in [5.74, 6) is 1.27. The molecule has 3 aromatic rings. The van der Waals surface area contributed by atoms with Gasteiger partial charge in [-0.3, -0.25) is 9.59 Å². The van der Waals surface area contributed by atoms with Crippen LogP contribution in [0.1, 0.15) is 25.6 Å². The predicted octanol–water partition coefficient (Wildman–Crippen LogP) is 3.48. The first-order valence-electron chi connectivity index (χ1n) is 8.92. The van der Waals surface area contributed by atoms with Crippen molar-refractivity contribution in [2.45, 2.75) is 10.9 Å². The lowest BCUT2D eigenvalue weighted by atomic mass is 10.1. The SMILES string of the molecule is NCCSc1ncc(CNC(=O)c2ccc3c(c2)NC(=O)c2ccccc2O3)s1. The minimum absolute atomic E-state index is 0.242. The number of thiazole rings is 1. The summed E-state index contributed by atoms with van der Waals surface area (Å²) in [6.45, 7) is 0.977. The second-order valence-electron chi connectivity index (χ2n) is 6.18. The highest BCUT2D eigenvalue weighted by Crippen LogP contribution is 2.36. The highest BCUT2D eigenvalue weighted by atomic mass is 32.2. The number of para-hydroxylation sites is 1. The number of rotatable bonds is 6. The van der Waals surface area contributed by atoms with Crippen LogP contribution in [0.4, 0.5) is 5.69 Å². The molecule has 1 aliphatic rings. The van der Waals surface area contributed by atoms with Gasteiger partial charge in [0.05, 0.1) is 17.8 Å². The summed E-state index contributed by atoms with van der Waals surface area (Å²) in [7, 11) is 0. The normalized spacial score (nSPS) is 12.2. The Labute approximate surface area is 175 Å². The van der Waals surface area contributed by atoms with Crippen LogP contribution in [0.25, 0.3) is 0 Å². The summed E-state index contributed by atoms with van der Waals surface area (Å²) < 4.78 is 6.77. The van der Waals surface area contributed by atoms with E-state index in [4.69, 9.17) is 10.5 Å². The molecule has 0 atom stereocenters. The fraction of sp³-hybridized carbons (Fsp3) is 0.150. The first-order chi connectivity index (χ1) is 14.1. The van der Waals surface area contributed by atoms with Crippen molar-refractivity contribution in [1.82, 2.24) is 10.3 Å². The van der Waals surface area contributed by atoms with Gasteiger partial charge in [0.1, 0.15) is 10.1 Å². The first-order valence-corrected chi connectivity index (χ1v) is 10.7. The number of benzene rings is 2. The molecule has 7 nitrogen and oxygen atoms in total. The largest absolute Gasteiger partial charge is 0.454 e. The van der Waals surface area contributed by atoms with Crippen LogP contribution in [0.2, 0.25) is 0 Å². The number of carbonyl (C=O) groups excluding carboxylic acids is 2. The lowest BCUT2D eigenvalue weighted by Crippen LogP contribution is -2.22. The third-order valence-corrected chi connectivity index (χ3v) is 6.33. The molecule has 2 heterocycles. The van der Waals surface area contributed by atoms with Gasteiger partial charge in [-0.25, -0.2) is 4.98 Å². The Kier molecular flexibility index (Phi) is 5.79. The molecule has 148 valence electrons. The highest BCUT2D eigenvalue weighted by Gasteiger charge is 2.21. The second kappa shape index (κ2) is 8.64. The number of anilines is 1. The smallest absolute Gasteiger partial charge is 0.259 e. The average Bonchev–Trinajstić information content (AvgIpc) is 3.14. The topological polar surface area (TPSA) is 106 Å². The lowest BCUT2D eigenvalue weighted by Gasteiger charge is -2.10. The number of ether oxygens (including phenoxy) is 1. The van der Waals surface area contributed by atoms with E-state index in [1.165, 1.54) is 11.3 Å². The second-order valence-corrected chi connectivity index (χ2v) is 8.63. The van der Waals surface area contributed by atoms with Gasteiger partial charge in [-0.1, -0.05) is 23.9 Å². The van der Waals surface area contributed by atoms with E-state index in [0.29, 0.717) is 41.4 Å². The number of nitrogens with one attached hydrogen (secondary N) is 2. The van der Waals surface area contributed by atoms with E-state index in [1.54, 1.807) is 60.4 Å². The number of carbonyl (C=O) groups is 2. The van der Waals surface area contributed by atoms with E-state index in [2.05, 4.69) is 15.6 Å². The third kappa shape index (κ3) is 4.42. The summed E-state index contributed by atoms with van der Waals surface area (Å²) in [5, 5.41) is 5.69. The number of hydrogen-bond donors (Lipinski definition) is 3. The van der Waals surface area contributed by atoms with Crippen molar-refractivity contribution >= 4 is 40.6 Å². The molecule has 0 spiro atoms. The molecule has 0 fully saturated rings. The van der Waals surface area contributed by atoms with Gasteiger partial charge < -0.3 is 21.1 Å². The van der Waals surface area contributed by atoms with Crippen molar-refractivity contribution < 1.29 is 14.3 Å². The Morgan fingerprint density at radius 3 is 2.97 bits per heavy atom. The summed E-state index contributed by atoms with van der Waals surface area (Å²) in [5.41, 5.74) is 6.84. The Hall–Kier alpha value is -2.88. The van der Waals surface area contributed by atoms with Crippen LogP contribution in [0.3, 0.4) is 0 Å². The number of hydrogen-bond acceptors (Lipinski definition) is 7. The van der Waals surface area contributed by atoms with Gasteiger partial charge in [-0.05, 0) is 30.3 Å². The number of aromatic nitrogens is 1. The number of thioether (sulfide) groups is 1. The number of nitrogens with zero attached hydrogens (tertiary/aromatic N) is 1. The Bertz CT molecular complexity index is 1070. The summed E-state index contributed by atoms with van der Waals surface area (Å²) in [6, 6.07) is 12.0. The fourth-order valence-corrected chi connectivity index (χ4v) is 4.57. The standard InChI is InChI=1S/C20H18N4O3S2/c21-7-8-28-20-23-11-13(29-20)10-22-18(25)12-5-6-17-15(9-12)24-19(26)14-3-1-2-4-16(14)27-17/h1-6,9,11H,7-8,10,21H2,(H,22,25)(H,24,26). The Morgan fingerprint density at radius 2 is 2.10 bits per heavy atom. The fourth-order valence-electron chi connectivity index (χ4n) is 2.76. The molecule has 0 saturated carbocycles. The summed E-state index contributed by atoms with van der Waals surface area (Å²) in [4.78, 5) is 30.3. The molecule has 0 aliphatic carbocycles. The van der Waals surface area contributed by atoms with Crippen LogP contribution in [-0.4, -0.2) is 29.1 Å². The van der Waals surface area contributed by atoms with Crippen LogP contribution in [-0.2, 0) is 6.54 Å². The molecule has 0 unspecified atom stereocenters. The van der Waals surface area contributed by atoms with Crippen LogP contribution < -0.4 is 21.1 Å². The zero-order valence-electron chi connectivity index (χ0n) is 15.3. The highest BCUT2D eigenvalue weighted by molar-refractivity contribution is 8.01. The van der Waals surface area contributed by atoms with Gasteiger partial charge in [-0.15, -0.1) is 11.3 Å². The maximum Gasteiger partial charge on any atom is 0.259 e. The van der Waals surface area contributed by atoms with Gasteiger partial charge in [0.2, 0.25) is 0 Å². The monoisotopic (exact) mass is 426 g/mol. The van der Waals surface area contributed by atoms with Crippen molar-refractivity contribution in [1.29, 1.82) is 0 Å². The van der Waals surface area contributed by atoms with E-state index in [9.17, 15) is 9.59 Å². The number of nitrogens with two attached hydrogens (primary N) is 1. The van der Waals surface area contributed by atoms with Gasteiger partial charge in [0.15, 0.2) is 5.75 Å². The Morgan fingerprint density at radius 1 is 1.24 bits per heavy atom. The minimum Gasteiger partial charge on any atom is -0.454 e. The first kappa shape index (κ1) is 19.4. The van der Waals surface area contributed by atoms with E-state index in [1.807, 2.05) is 0 Å². The predicted molar refractivity (Wildman–Crippen MR) is 114 cm³/mol. The van der Waals surface area contributed by atoms with E-state index >= 15 is 0 Å². The van der Waals surface area contributed by atoms with Crippen molar-refractivity contribution in [2.75, 3.05) is 17.6 Å². The minimum atomic E-state index is -0.274. The molecule has 2 aromatic carbocycles. The third-order valence-electron chi connectivity index (χ3n) is 4.14. The maximum atomic E-state index is 12.6. The molecule has 4 rings (SSSR count).